The van der Waals surface area contributed by atoms with Gasteiger partial charge in [-0.05, 0) is 19.1 Å². The van der Waals surface area contributed by atoms with Crippen molar-refractivity contribution in [2.75, 3.05) is 5.06 Å². The van der Waals surface area contributed by atoms with Gasteiger partial charge in [0.2, 0.25) is 0 Å². The molecule has 1 aliphatic heterocycles. The highest BCUT2D eigenvalue weighted by Gasteiger charge is 2.44. The molecule has 0 aliphatic carbocycles. The summed E-state index contributed by atoms with van der Waals surface area (Å²) >= 11 is 0. The maximum Gasteiger partial charge on any atom is 0.303 e. The van der Waals surface area contributed by atoms with Crippen molar-refractivity contribution in [2.24, 2.45) is 0 Å². The molecule has 2 N–H and O–H groups in total. The first-order valence-electron chi connectivity index (χ1n) is 5.47. The van der Waals surface area contributed by atoms with Crippen molar-refractivity contribution in [1.82, 2.24) is 0 Å². The summed E-state index contributed by atoms with van der Waals surface area (Å²) in [4.78, 5) is 22.6. The monoisotopic (exact) mass is 251 g/mol. The largest absolute Gasteiger partial charge is 0.481 e. The topological polar surface area (TPSA) is 87.1 Å². The van der Waals surface area contributed by atoms with Gasteiger partial charge in [-0.2, -0.15) is 5.06 Å². The van der Waals surface area contributed by atoms with Gasteiger partial charge in [0.05, 0.1) is 0 Å². The van der Waals surface area contributed by atoms with Crippen molar-refractivity contribution in [2.45, 2.75) is 25.4 Å². The Labute approximate surface area is 103 Å². The molecule has 0 saturated carbocycles. The molecule has 18 heavy (non-hydrogen) atoms. The van der Waals surface area contributed by atoms with E-state index in [-0.39, 0.29) is 18.5 Å². The van der Waals surface area contributed by atoms with Gasteiger partial charge in [-0.3, -0.25) is 14.8 Å². The molecule has 1 amide bonds. The van der Waals surface area contributed by atoms with Gasteiger partial charge in [0.15, 0.2) is 5.60 Å². The third-order valence-electron chi connectivity index (χ3n) is 2.89. The Morgan fingerprint density at radius 1 is 1.44 bits per heavy atom. The SMILES string of the molecule is CC1(CCC(=O)O)Oc2ccccc2N(O)C1=O. The first-order valence-corrected chi connectivity index (χ1v) is 5.47. The third kappa shape index (κ3) is 2.02. The number of nitrogens with zero attached hydrogens (tertiary/aromatic N) is 1. The second-order valence-electron chi connectivity index (χ2n) is 4.31. The molecule has 6 heteroatoms. The molecule has 1 heterocycles. The number of benzene rings is 1. The van der Waals surface area contributed by atoms with Gasteiger partial charge in [0, 0.05) is 12.8 Å². The highest BCUT2D eigenvalue weighted by atomic mass is 16.6. The zero-order chi connectivity index (χ0) is 13.3. The molecule has 2 rings (SSSR count). The molecule has 6 nitrogen and oxygen atoms in total. The average Bonchev–Trinajstić information content (AvgIpc) is 2.34. The van der Waals surface area contributed by atoms with Crippen LogP contribution in [0.4, 0.5) is 5.69 Å². The highest BCUT2D eigenvalue weighted by molar-refractivity contribution is 6.00. The first-order chi connectivity index (χ1) is 8.44. The van der Waals surface area contributed by atoms with Crippen molar-refractivity contribution in [3.63, 3.8) is 0 Å². The van der Waals surface area contributed by atoms with Crippen LogP contribution in [0, 0.1) is 0 Å². The summed E-state index contributed by atoms with van der Waals surface area (Å²) < 4.78 is 5.54. The lowest BCUT2D eigenvalue weighted by Crippen LogP contribution is -2.53. The first kappa shape index (κ1) is 12.4. The normalized spacial score (nSPS) is 22.3. The molecule has 0 saturated heterocycles. The van der Waals surface area contributed by atoms with E-state index in [1.54, 1.807) is 24.3 Å². The van der Waals surface area contributed by atoms with Crippen molar-refractivity contribution in [3.05, 3.63) is 24.3 Å². The van der Waals surface area contributed by atoms with Crippen molar-refractivity contribution in [1.29, 1.82) is 0 Å². The summed E-state index contributed by atoms with van der Waals surface area (Å²) in [6.07, 6.45) is -0.217. The van der Waals surface area contributed by atoms with Crippen LogP contribution in [0.3, 0.4) is 0 Å². The second kappa shape index (κ2) is 4.30. The number of ether oxygens (including phenoxy) is 1. The van der Waals surface area contributed by atoms with E-state index in [1.807, 2.05) is 0 Å². The van der Waals surface area contributed by atoms with E-state index in [4.69, 9.17) is 9.84 Å². The molecule has 1 aromatic rings. The molecule has 1 atom stereocenters. The van der Waals surface area contributed by atoms with Crippen molar-refractivity contribution >= 4 is 17.6 Å². The van der Waals surface area contributed by atoms with E-state index >= 15 is 0 Å². The number of hydrogen-bond acceptors (Lipinski definition) is 4. The van der Waals surface area contributed by atoms with Gasteiger partial charge in [0.25, 0.3) is 5.91 Å². The zero-order valence-corrected chi connectivity index (χ0v) is 9.79. The number of fused-ring (bicyclic) bond motifs is 1. The third-order valence-corrected chi connectivity index (χ3v) is 2.89. The molecular weight excluding hydrogens is 238 g/mol. The molecule has 0 radical (unpaired) electrons. The summed E-state index contributed by atoms with van der Waals surface area (Å²) in [6, 6.07) is 6.53. The maximum absolute atomic E-state index is 12.0. The van der Waals surface area contributed by atoms with E-state index in [0.717, 1.165) is 0 Å². The van der Waals surface area contributed by atoms with Crippen LogP contribution in [-0.2, 0) is 9.59 Å². The van der Waals surface area contributed by atoms with Crippen LogP contribution in [0.15, 0.2) is 24.3 Å². The predicted molar refractivity (Wildman–Crippen MR) is 61.6 cm³/mol. The van der Waals surface area contributed by atoms with E-state index in [9.17, 15) is 14.8 Å². The van der Waals surface area contributed by atoms with Gasteiger partial charge in [-0.15, -0.1) is 0 Å². The minimum atomic E-state index is -1.36. The fourth-order valence-corrected chi connectivity index (χ4v) is 1.84. The maximum atomic E-state index is 12.0. The Hall–Kier alpha value is -2.08. The van der Waals surface area contributed by atoms with Gasteiger partial charge in [-0.25, -0.2) is 0 Å². The molecular formula is C12H13NO5. The van der Waals surface area contributed by atoms with Crippen molar-refractivity contribution in [3.8, 4) is 5.75 Å². The Morgan fingerprint density at radius 2 is 2.11 bits per heavy atom. The van der Waals surface area contributed by atoms with Gasteiger partial charge < -0.3 is 9.84 Å². The van der Waals surface area contributed by atoms with Gasteiger partial charge in [-0.1, -0.05) is 12.1 Å². The number of carbonyl (C=O) groups excluding carboxylic acids is 1. The van der Waals surface area contributed by atoms with Crippen LogP contribution < -0.4 is 9.80 Å². The van der Waals surface area contributed by atoms with E-state index in [2.05, 4.69) is 0 Å². The summed E-state index contributed by atoms with van der Waals surface area (Å²) in [5.74, 6) is -1.33. The minimum absolute atomic E-state index is 0.00738. The lowest BCUT2D eigenvalue weighted by Gasteiger charge is -2.37. The van der Waals surface area contributed by atoms with Crippen LogP contribution in [0.1, 0.15) is 19.8 Å². The predicted octanol–water partition coefficient (Wildman–Crippen LogP) is 1.42. The molecule has 0 spiro atoms. The fourth-order valence-electron chi connectivity index (χ4n) is 1.84. The summed E-state index contributed by atoms with van der Waals surface area (Å²) in [7, 11) is 0. The fraction of sp³-hybridized carbons (Fsp3) is 0.333. The van der Waals surface area contributed by atoms with Crippen molar-refractivity contribution < 1.29 is 24.6 Å². The summed E-state index contributed by atoms with van der Waals surface area (Å²) in [6.45, 7) is 1.47. The Morgan fingerprint density at radius 3 is 2.78 bits per heavy atom. The van der Waals surface area contributed by atoms with Crippen LogP contribution in [0.25, 0.3) is 0 Å². The molecule has 1 unspecified atom stereocenters. The number of anilines is 1. The summed E-state index contributed by atoms with van der Waals surface area (Å²) in [5, 5.41) is 19.0. The quantitative estimate of drug-likeness (QED) is 0.793. The number of carboxylic acid groups (broad SMARTS) is 1. The van der Waals surface area contributed by atoms with Gasteiger partial charge >= 0.3 is 5.97 Å². The molecule has 0 bridgehead atoms. The molecule has 1 aromatic carbocycles. The number of rotatable bonds is 3. The number of hydroxylamine groups is 1. The number of carboxylic acids is 1. The van der Waals surface area contributed by atoms with Gasteiger partial charge in [0.1, 0.15) is 11.4 Å². The zero-order valence-electron chi connectivity index (χ0n) is 9.79. The Balaban J connectivity index is 2.31. The van der Waals surface area contributed by atoms with E-state index in [1.165, 1.54) is 6.92 Å². The Kier molecular flexibility index (Phi) is 2.96. The number of amides is 1. The molecule has 0 aromatic heterocycles. The molecule has 96 valence electrons. The van der Waals surface area contributed by atoms with Crippen LogP contribution in [0.5, 0.6) is 5.75 Å². The number of hydrogen-bond donors (Lipinski definition) is 2. The number of aliphatic carboxylic acids is 1. The highest BCUT2D eigenvalue weighted by Crippen LogP contribution is 2.38. The standard InChI is InChI=1S/C12H13NO5/c1-12(7-6-10(14)15)11(16)13(17)8-4-2-3-5-9(8)18-12/h2-5,17H,6-7H2,1H3,(H,14,15). The molecule has 0 fully saturated rings. The smallest absolute Gasteiger partial charge is 0.303 e. The van der Waals surface area contributed by atoms with Crippen LogP contribution in [0.2, 0.25) is 0 Å². The van der Waals surface area contributed by atoms with Crippen LogP contribution >= 0.6 is 0 Å². The second-order valence-corrected chi connectivity index (χ2v) is 4.31. The lowest BCUT2D eigenvalue weighted by atomic mass is 9.96. The number of carbonyl (C=O) groups is 2. The minimum Gasteiger partial charge on any atom is -0.481 e. The summed E-state index contributed by atoms with van der Waals surface area (Å²) in [5.41, 5.74) is -1.10. The lowest BCUT2D eigenvalue weighted by molar-refractivity contribution is -0.144. The average molecular weight is 251 g/mol. The van der Waals surface area contributed by atoms with E-state index < -0.39 is 17.5 Å². The number of para-hydroxylation sites is 2. The van der Waals surface area contributed by atoms with Crippen LogP contribution in [-0.4, -0.2) is 27.8 Å². The Bertz CT molecular complexity index is 501. The van der Waals surface area contributed by atoms with E-state index in [0.29, 0.717) is 10.8 Å². The molecule has 1 aliphatic rings.